The molecule has 0 saturated carbocycles. The van der Waals surface area contributed by atoms with Gasteiger partial charge in [-0.3, -0.25) is 4.79 Å². The lowest BCUT2D eigenvalue weighted by atomic mass is 10.2. The van der Waals surface area contributed by atoms with Gasteiger partial charge in [0.05, 0.1) is 10.7 Å². The number of aromatic nitrogens is 2. The molecule has 4 nitrogen and oxygen atoms in total. The van der Waals surface area contributed by atoms with Crippen molar-refractivity contribution in [3.63, 3.8) is 0 Å². The Labute approximate surface area is 151 Å². The summed E-state index contributed by atoms with van der Waals surface area (Å²) in [5.74, 6) is -0.826. The maximum Gasteiger partial charge on any atom is 0.267 e. The summed E-state index contributed by atoms with van der Waals surface area (Å²) in [4.78, 5) is 18.4. The summed E-state index contributed by atoms with van der Waals surface area (Å²) in [5.41, 5.74) is 1.20. The first-order valence-corrected chi connectivity index (χ1v) is 8.60. The molecule has 0 saturated heterocycles. The van der Waals surface area contributed by atoms with Gasteiger partial charge in [0.25, 0.3) is 5.91 Å². The molecule has 1 aromatic carbocycles. The lowest BCUT2D eigenvalue weighted by Gasteiger charge is -2.08. The van der Waals surface area contributed by atoms with Crippen LogP contribution in [0.25, 0.3) is 15.9 Å². The molecule has 1 N–H and O–H groups in total. The third-order valence-corrected chi connectivity index (χ3v) is 5.08. The van der Waals surface area contributed by atoms with Crippen molar-refractivity contribution in [2.45, 2.75) is 0 Å². The molecule has 0 radical (unpaired) electrons. The van der Waals surface area contributed by atoms with Crippen molar-refractivity contribution >= 4 is 44.7 Å². The Morgan fingerprint density at radius 3 is 2.76 bits per heavy atom. The zero-order valence-corrected chi connectivity index (χ0v) is 14.3. The van der Waals surface area contributed by atoms with E-state index in [2.05, 4.69) is 10.3 Å². The van der Waals surface area contributed by atoms with Gasteiger partial charge < -0.3 is 9.88 Å². The van der Waals surface area contributed by atoms with E-state index in [0.717, 1.165) is 15.9 Å². The number of carbonyl (C=O) groups is 1. The van der Waals surface area contributed by atoms with Crippen LogP contribution in [-0.4, -0.2) is 15.5 Å². The van der Waals surface area contributed by atoms with Gasteiger partial charge in [-0.05, 0) is 42.5 Å². The molecule has 4 rings (SSSR count). The minimum atomic E-state index is -0.529. The van der Waals surface area contributed by atoms with E-state index in [-0.39, 0.29) is 10.9 Å². The van der Waals surface area contributed by atoms with Crippen LogP contribution in [0, 0.1) is 5.82 Å². The molecule has 0 aliphatic carbocycles. The van der Waals surface area contributed by atoms with E-state index in [0.29, 0.717) is 10.6 Å². The van der Waals surface area contributed by atoms with Crippen LogP contribution in [0.1, 0.15) is 9.67 Å². The number of nitrogens with one attached hydrogen (secondary N) is 1. The Hall–Kier alpha value is -2.70. The smallest absolute Gasteiger partial charge is 0.267 e. The molecule has 0 aliphatic heterocycles. The molecule has 0 fully saturated rings. The van der Waals surface area contributed by atoms with E-state index >= 15 is 0 Å². The Kier molecular flexibility index (Phi) is 3.99. The minimum absolute atomic E-state index is 0.0403. The van der Waals surface area contributed by atoms with Crippen LogP contribution in [-0.2, 0) is 0 Å². The summed E-state index contributed by atoms with van der Waals surface area (Å²) in [6, 6.07) is 11.6. The maximum atomic E-state index is 13.3. The number of anilines is 1. The highest BCUT2D eigenvalue weighted by Crippen LogP contribution is 2.33. The Balaban J connectivity index is 1.79. The largest absolute Gasteiger partial charge is 0.322 e. The van der Waals surface area contributed by atoms with E-state index in [4.69, 9.17) is 11.6 Å². The average molecular weight is 372 g/mol. The van der Waals surface area contributed by atoms with Crippen LogP contribution in [0.2, 0.25) is 5.02 Å². The van der Waals surface area contributed by atoms with E-state index < -0.39 is 5.82 Å². The van der Waals surface area contributed by atoms with Gasteiger partial charge in [0.1, 0.15) is 15.5 Å². The van der Waals surface area contributed by atoms with Gasteiger partial charge in [-0.25, -0.2) is 9.37 Å². The molecule has 1 amide bonds. The SMILES string of the molecule is O=C(Nc1ccc(F)c(Cl)c1)c1sc2ncccc2c1-n1cccc1. The number of fused-ring (bicyclic) bond motifs is 1. The molecule has 124 valence electrons. The number of amides is 1. The number of rotatable bonds is 3. The van der Waals surface area contributed by atoms with Crippen LogP contribution < -0.4 is 5.32 Å². The van der Waals surface area contributed by atoms with Crippen LogP contribution in [0.3, 0.4) is 0 Å². The molecular formula is C18H11ClFN3OS. The number of thiophene rings is 1. The third-order valence-electron chi connectivity index (χ3n) is 3.69. The molecule has 4 aromatic rings. The monoisotopic (exact) mass is 371 g/mol. The molecule has 0 spiro atoms. The Morgan fingerprint density at radius 1 is 1.20 bits per heavy atom. The molecule has 0 atom stereocenters. The number of hydrogen-bond donors (Lipinski definition) is 1. The summed E-state index contributed by atoms with van der Waals surface area (Å²) in [7, 11) is 0. The van der Waals surface area contributed by atoms with Gasteiger partial charge in [0.15, 0.2) is 0 Å². The third kappa shape index (κ3) is 2.90. The van der Waals surface area contributed by atoms with E-state index in [9.17, 15) is 9.18 Å². The second kappa shape index (κ2) is 6.31. The molecular weight excluding hydrogens is 361 g/mol. The first-order chi connectivity index (χ1) is 12.1. The van der Waals surface area contributed by atoms with Gasteiger partial charge in [-0.2, -0.15) is 0 Å². The Morgan fingerprint density at radius 2 is 2.00 bits per heavy atom. The van der Waals surface area contributed by atoms with E-state index in [1.165, 1.54) is 29.5 Å². The highest BCUT2D eigenvalue weighted by molar-refractivity contribution is 7.21. The van der Waals surface area contributed by atoms with Crippen molar-refractivity contribution in [2.24, 2.45) is 0 Å². The van der Waals surface area contributed by atoms with Crippen molar-refractivity contribution in [3.8, 4) is 5.69 Å². The topological polar surface area (TPSA) is 46.9 Å². The lowest BCUT2D eigenvalue weighted by Crippen LogP contribution is -2.12. The number of nitrogens with zero attached hydrogens (tertiary/aromatic N) is 2. The summed E-state index contributed by atoms with van der Waals surface area (Å²) >= 11 is 7.09. The van der Waals surface area contributed by atoms with Gasteiger partial charge >= 0.3 is 0 Å². The van der Waals surface area contributed by atoms with E-state index in [1.54, 1.807) is 6.20 Å². The highest BCUT2D eigenvalue weighted by atomic mass is 35.5. The predicted octanol–water partition coefficient (Wildman–Crippen LogP) is 5.13. The second-order valence-corrected chi connectivity index (χ2v) is 6.72. The quantitative estimate of drug-likeness (QED) is 0.542. The zero-order chi connectivity index (χ0) is 17.4. The summed E-state index contributed by atoms with van der Waals surface area (Å²) in [6.45, 7) is 0. The molecule has 0 unspecified atom stereocenters. The van der Waals surface area contributed by atoms with Crippen LogP contribution >= 0.6 is 22.9 Å². The minimum Gasteiger partial charge on any atom is -0.322 e. The lowest BCUT2D eigenvalue weighted by molar-refractivity contribution is 0.103. The van der Waals surface area contributed by atoms with Gasteiger partial charge in [-0.1, -0.05) is 11.6 Å². The van der Waals surface area contributed by atoms with Crippen molar-refractivity contribution in [1.82, 2.24) is 9.55 Å². The number of carbonyl (C=O) groups excluding carboxylic acids is 1. The molecule has 3 aromatic heterocycles. The summed E-state index contributed by atoms with van der Waals surface area (Å²) < 4.78 is 15.2. The van der Waals surface area contributed by atoms with Crippen LogP contribution in [0.4, 0.5) is 10.1 Å². The fourth-order valence-electron chi connectivity index (χ4n) is 2.58. The normalized spacial score (nSPS) is 11.0. The summed E-state index contributed by atoms with van der Waals surface area (Å²) in [6.07, 6.45) is 5.44. The predicted molar refractivity (Wildman–Crippen MR) is 98.3 cm³/mol. The van der Waals surface area contributed by atoms with Crippen molar-refractivity contribution in [3.05, 3.63) is 76.8 Å². The summed E-state index contributed by atoms with van der Waals surface area (Å²) in [5, 5.41) is 3.62. The van der Waals surface area contributed by atoms with Crippen LogP contribution in [0.5, 0.6) is 0 Å². The van der Waals surface area contributed by atoms with Crippen molar-refractivity contribution in [1.29, 1.82) is 0 Å². The molecule has 0 bridgehead atoms. The number of halogens is 2. The highest BCUT2D eigenvalue weighted by Gasteiger charge is 2.20. The van der Waals surface area contributed by atoms with Gasteiger partial charge in [0.2, 0.25) is 0 Å². The second-order valence-electron chi connectivity index (χ2n) is 5.31. The fourth-order valence-corrected chi connectivity index (χ4v) is 3.79. The van der Waals surface area contributed by atoms with Gasteiger partial charge in [-0.15, -0.1) is 11.3 Å². The van der Waals surface area contributed by atoms with Crippen molar-refractivity contribution in [2.75, 3.05) is 5.32 Å². The average Bonchev–Trinajstić information content (AvgIpc) is 3.24. The zero-order valence-electron chi connectivity index (χ0n) is 12.7. The Bertz CT molecular complexity index is 1080. The van der Waals surface area contributed by atoms with Crippen molar-refractivity contribution < 1.29 is 9.18 Å². The molecule has 0 aliphatic rings. The van der Waals surface area contributed by atoms with E-state index in [1.807, 2.05) is 41.2 Å². The van der Waals surface area contributed by atoms with Gasteiger partial charge in [0, 0.05) is 29.7 Å². The number of hydrogen-bond acceptors (Lipinski definition) is 3. The number of pyridine rings is 1. The maximum absolute atomic E-state index is 13.3. The first-order valence-electron chi connectivity index (χ1n) is 7.41. The molecule has 25 heavy (non-hydrogen) atoms. The number of benzene rings is 1. The standard InChI is InChI=1S/C18H11ClFN3OS/c19-13-10-11(5-6-14(13)20)22-17(24)16-15(23-8-1-2-9-23)12-4-3-7-21-18(12)25-16/h1-10H,(H,22,24). The molecule has 3 heterocycles. The first kappa shape index (κ1) is 15.8. The fraction of sp³-hybridized carbons (Fsp3) is 0. The molecule has 7 heteroatoms. The van der Waals surface area contributed by atoms with Crippen LogP contribution in [0.15, 0.2) is 61.1 Å².